The minimum atomic E-state index is -0.0584. The predicted octanol–water partition coefficient (Wildman–Crippen LogP) is 1.86. The fourth-order valence-electron chi connectivity index (χ4n) is 5.38. The van der Waals surface area contributed by atoms with Crippen LogP contribution in [-0.4, -0.2) is 53.9 Å². The number of nitrogens with one attached hydrogen (secondary N) is 1. The Kier molecular flexibility index (Phi) is 6.32. The third-order valence-electron chi connectivity index (χ3n) is 7.13. The molecule has 3 aromatic rings. The quantitative estimate of drug-likeness (QED) is 0.557. The van der Waals surface area contributed by atoms with E-state index in [0.29, 0.717) is 36.2 Å². The monoisotopic (exact) mass is 475 g/mol. The summed E-state index contributed by atoms with van der Waals surface area (Å²) in [7, 11) is 3.10. The first-order chi connectivity index (χ1) is 17.0. The second kappa shape index (κ2) is 9.56. The lowest BCUT2D eigenvalue weighted by atomic mass is 10.0. The zero-order valence-electron chi connectivity index (χ0n) is 20.0. The van der Waals surface area contributed by atoms with Crippen molar-refractivity contribution in [3.05, 3.63) is 68.2 Å². The maximum Gasteiger partial charge on any atom is 0.252 e. The Morgan fingerprint density at radius 3 is 2.49 bits per heavy atom. The second-order valence-electron chi connectivity index (χ2n) is 9.20. The number of methoxy groups -OCH3 is 2. The summed E-state index contributed by atoms with van der Waals surface area (Å²) in [5, 5.41) is 14.0. The molecule has 1 unspecified atom stereocenters. The lowest BCUT2D eigenvalue weighted by molar-refractivity contribution is 0.171. The number of benzene rings is 1. The average Bonchev–Trinajstić information content (AvgIpc) is 3.27. The molecule has 9 heteroatoms. The van der Waals surface area contributed by atoms with E-state index in [2.05, 4.69) is 16.3 Å². The third kappa shape index (κ3) is 4.31. The number of nitrogens with zero attached hydrogens (tertiary/aromatic N) is 4. The lowest BCUT2D eigenvalue weighted by Crippen LogP contribution is -2.44. The summed E-state index contributed by atoms with van der Waals surface area (Å²) in [6.45, 7) is 3.75. The number of piperidine rings is 1. The molecule has 1 fully saturated rings. The number of hydrogen-bond acceptors (Lipinski definition) is 7. The van der Waals surface area contributed by atoms with E-state index in [1.54, 1.807) is 40.5 Å². The van der Waals surface area contributed by atoms with E-state index in [-0.39, 0.29) is 17.2 Å². The van der Waals surface area contributed by atoms with E-state index in [9.17, 15) is 14.9 Å². The molecule has 1 saturated heterocycles. The number of nitriles is 1. The molecule has 35 heavy (non-hydrogen) atoms. The van der Waals surface area contributed by atoms with E-state index in [0.717, 1.165) is 49.1 Å². The average molecular weight is 476 g/mol. The third-order valence-corrected chi connectivity index (χ3v) is 7.13. The largest absolute Gasteiger partial charge is 0.493 e. The van der Waals surface area contributed by atoms with E-state index >= 15 is 0 Å². The van der Waals surface area contributed by atoms with Crippen LogP contribution in [0.4, 0.5) is 0 Å². The Bertz CT molecular complexity index is 1410. The number of aromatic nitrogens is 2. The molecule has 1 N–H and O–H groups in total. The van der Waals surface area contributed by atoms with Gasteiger partial charge in [-0.05, 0) is 55.8 Å². The Labute approximate surface area is 203 Å². The van der Waals surface area contributed by atoms with Crippen LogP contribution >= 0.6 is 0 Å². The van der Waals surface area contributed by atoms with E-state index in [4.69, 9.17) is 9.47 Å². The molecule has 0 radical (unpaired) electrons. The van der Waals surface area contributed by atoms with Crippen molar-refractivity contribution in [2.24, 2.45) is 0 Å². The molecule has 0 aliphatic carbocycles. The molecule has 2 aliphatic rings. The van der Waals surface area contributed by atoms with Crippen molar-refractivity contribution in [1.29, 1.82) is 5.26 Å². The van der Waals surface area contributed by atoms with Crippen molar-refractivity contribution in [3.8, 4) is 17.6 Å². The zero-order chi connectivity index (χ0) is 24.5. The van der Waals surface area contributed by atoms with Gasteiger partial charge in [0.2, 0.25) is 0 Å². The topological polar surface area (TPSA) is 102 Å². The van der Waals surface area contributed by atoms with Crippen molar-refractivity contribution in [2.75, 3.05) is 33.9 Å². The van der Waals surface area contributed by atoms with Crippen LogP contribution in [0.1, 0.15) is 30.0 Å². The van der Waals surface area contributed by atoms with Gasteiger partial charge >= 0.3 is 0 Å². The molecule has 2 aromatic heterocycles. The predicted molar refractivity (Wildman–Crippen MR) is 132 cm³/mol. The molecule has 5 rings (SSSR count). The molecule has 182 valence electrons. The minimum Gasteiger partial charge on any atom is -0.493 e. The highest BCUT2D eigenvalue weighted by Gasteiger charge is 2.29. The maximum absolute atomic E-state index is 12.6. The lowest BCUT2D eigenvalue weighted by Gasteiger charge is -2.34. The van der Waals surface area contributed by atoms with Gasteiger partial charge in [0.15, 0.2) is 11.5 Å². The minimum absolute atomic E-state index is 0.0398. The van der Waals surface area contributed by atoms with Crippen LogP contribution in [0.5, 0.6) is 11.5 Å². The van der Waals surface area contributed by atoms with Gasteiger partial charge in [-0.15, -0.1) is 0 Å². The summed E-state index contributed by atoms with van der Waals surface area (Å²) in [5.74, 6) is 1.01. The van der Waals surface area contributed by atoms with Crippen molar-refractivity contribution < 1.29 is 9.47 Å². The van der Waals surface area contributed by atoms with Crippen LogP contribution in [-0.2, 0) is 13.1 Å². The summed E-state index contributed by atoms with van der Waals surface area (Å²) in [4.78, 5) is 27.4. The van der Waals surface area contributed by atoms with Crippen LogP contribution in [0.15, 0.2) is 46.0 Å². The standard InChI is InChI=1S/C26H29N5O4/c1-34-22-12-17(11-19(13-27)25(22)35-2)14-28-20-7-9-29(10-8-20)15-21-16-30-23(32)5-3-18-4-6-24(33)31(21)26(18)30/h3-6,11-12,20-21,28H,7-10,14-16H2,1-2H3. The Morgan fingerprint density at radius 1 is 1.06 bits per heavy atom. The normalized spacial score (nSPS) is 18.0. The highest BCUT2D eigenvalue weighted by atomic mass is 16.5. The Hall–Kier alpha value is -3.61. The summed E-state index contributed by atoms with van der Waals surface area (Å²) in [5.41, 5.74) is 2.06. The fourth-order valence-corrected chi connectivity index (χ4v) is 5.38. The first-order valence-electron chi connectivity index (χ1n) is 11.9. The molecular formula is C26H29N5O4. The van der Waals surface area contributed by atoms with Crippen LogP contribution < -0.4 is 25.9 Å². The van der Waals surface area contributed by atoms with E-state index in [1.165, 1.54) is 7.11 Å². The smallest absolute Gasteiger partial charge is 0.252 e. The van der Waals surface area contributed by atoms with Gasteiger partial charge in [-0.3, -0.25) is 18.7 Å². The summed E-state index contributed by atoms with van der Waals surface area (Å²) >= 11 is 0. The maximum atomic E-state index is 12.6. The SMILES string of the molecule is COc1cc(CNC2CCN(CC3Cn4c(=O)ccc5ccc(=O)n3c54)CC2)cc(C#N)c1OC. The van der Waals surface area contributed by atoms with E-state index in [1.807, 2.05) is 12.1 Å². The van der Waals surface area contributed by atoms with Crippen LogP contribution in [0.3, 0.4) is 0 Å². The molecule has 9 nitrogen and oxygen atoms in total. The molecule has 2 aliphatic heterocycles. The van der Waals surface area contributed by atoms with Crippen molar-refractivity contribution in [3.63, 3.8) is 0 Å². The molecule has 0 spiro atoms. The fraction of sp³-hybridized carbons (Fsp3) is 0.423. The first-order valence-corrected chi connectivity index (χ1v) is 11.9. The summed E-state index contributed by atoms with van der Waals surface area (Å²) in [6.07, 6.45) is 1.97. The molecule has 0 amide bonds. The van der Waals surface area contributed by atoms with Crippen molar-refractivity contribution in [1.82, 2.24) is 19.4 Å². The van der Waals surface area contributed by atoms with Gasteiger partial charge in [-0.2, -0.15) is 5.26 Å². The van der Waals surface area contributed by atoms with Gasteiger partial charge in [0.25, 0.3) is 11.1 Å². The van der Waals surface area contributed by atoms with Crippen molar-refractivity contribution >= 4 is 11.0 Å². The number of pyridine rings is 2. The van der Waals surface area contributed by atoms with Gasteiger partial charge in [0.1, 0.15) is 11.7 Å². The van der Waals surface area contributed by atoms with Gasteiger partial charge in [0.05, 0.1) is 25.8 Å². The molecule has 0 saturated carbocycles. The summed E-state index contributed by atoms with van der Waals surface area (Å²) in [6, 6.07) is 13.0. The van der Waals surface area contributed by atoms with E-state index < -0.39 is 0 Å². The molecule has 4 heterocycles. The highest BCUT2D eigenvalue weighted by Crippen LogP contribution is 2.32. The molecular weight excluding hydrogens is 446 g/mol. The highest BCUT2D eigenvalue weighted by molar-refractivity contribution is 5.76. The van der Waals surface area contributed by atoms with Gasteiger partial charge in [-0.1, -0.05) is 0 Å². The van der Waals surface area contributed by atoms with Crippen LogP contribution in [0, 0.1) is 11.3 Å². The number of hydrogen-bond donors (Lipinski definition) is 1. The van der Waals surface area contributed by atoms with Gasteiger partial charge < -0.3 is 19.7 Å². The second-order valence-corrected chi connectivity index (χ2v) is 9.20. The molecule has 1 atom stereocenters. The molecule has 1 aromatic carbocycles. The Morgan fingerprint density at radius 2 is 1.80 bits per heavy atom. The van der Waals surface area contributed by atoms with Crippen molar-refractivity contribution in [2.45, 2.75) is 38.0 Å². The zero-order valence-corrected chi connectivity index (χ0v) is 20.0. The van der Waals surface area contributed by atoms with Gasteiger partial charge in [-0.25, -0.2) is 0 Å². The molecule has 0 bridgehead atoms. The van der Waals surface area contributed by atoms with Crippen LogP contribution in [0.2, 0.25) is 0 Å². The van der Waals surface area contributed by atoms with Crippen LogP contribution in [0.25, 0.3) is 11.0 Å². The summed E-state index contributed by atoms with van der Waals surface area (Å²) < 4.78 is 14.2. The number of rotatable bonds is 7. The first kappa shape index (κ1) is 23.1. The Balaban J connectivity index is 1.20. The van der Waals surface area contributed by atoms with Gasteiger partial charge in [0, 0.05) is 43.2 Å². The number of likely N-dealkylation sites (tertiary alicyclic amines) is 1. The number of ether oxygens (including phenoxy) is 2.